The topological polar surface area (TPSA) is 50.8 Å². The largest absolute Gasteiger partial charge is 0.493 e. The van der Waals surface area contributed by atoms with Gasteiger partial charge in [0.2, 0.25) is 5.91 Å². The third kappa shape index (κ3) is 4.28. The van der Waals surface area contributed by atoms with E-state index in [9.17, 15) is 4.79 Å². The highest BCUT2D eigenvalue weighted by molar-refractivity contribution is 5.86. The molecule has 1 N–H and O–H groups in total. The van der Waals surface area contributed by atoms with Crippen molar-refractivity contribution in [3.63, 3.8) is 0 Å². The van der Waals surface area contributed by atoms with Crippen LogP contribution in [0.4, 0.5) is 5.69 Å². The molecule has 1 atom stereocenters. The summed E-state index contributed by atoms with van der Waals surface area (Å²) in [7, 11) is 3.22. The molecule has 0 fully saturated rings. The fourth-order valence-electron chi connectivity index (χ4n) is 2.94. The molecule has 0 unspecified atom stereocenters. The quantitative estimate of drug-likeness (QED) is 0.776. The van der Waals surface area contributed by atoms with E-state index >= 15 is 0 Å². The predicted molar refractivity (Wildman–Crippen MR) is 105 cm³/mol. The predicted octanol–water partition coefficient (Wildman–Crippen LogP) is 4.03. The van der Waals surface area contributed by atoms with E-state index in [2.05, 4.69) is 5.32 Å². The molecule has 2 rings (SSSR count). The Morgan fingerprint density at radius 2 is 1.62 bits per heavy atom. The zero-order valence-corrected chi connectivity index (χ0v) is 16.2. The van der Waals surface area contributed by atoms with E-state index in [1.165, 1.54) is 0 Å². The molecule has 0 aliphatic carbocycles. The van der Waals surface area contributed by atoms with Gasteiger partial charge in [-0.05, 0) is 38.0 Å². The molecule has 0 aromatic heterocycles. The molecule has 2 aromatic rings. The number of aryl methyl sites for hydroxylation is 1. The van der Waals surface area contributed by atoms with E-state index < -0.39 is 6.04 Å². The molecule has 0 saturated heterocycles. The van der Waals surface area contributed by atoms with Gasteiger partial charge in [0.05, 0.1) is 14.2 Å². The van der Waals surface area contributed by atoms with Gasteiger partial charge in [0.15, 0.2) is 11.5 Å². The Morgan fingerprint density at radius 3 is 2.15 bits per heavy atom. The number of anilines is 1. The average Bonchev–Trinajstić information content (AvgIpc) is 2.68. The van der Waals surface area contributed by atoms with E-state index in [0.717, 1.165) is 16.8 Å². The van der Waals surface area contributed by atoms with Crippen LogP contribution in [0.25, 0.3) is 0 Å². The van der Waals surface area contributed by atoms with Gasteiger partial charge in [0, 0.05) is 24.8 Å². The van der Waals surface area contributed by atoms with Crippen molar-refractivity contribution in [1.29, 1.82) is 0 Å². The second-order valence-electron chi connectivity index (χ2n) is 6.02. The van der Waals surface area contributed by atoms with Gasteiger partial charge >= 0.3 is 0 Å². The third-order valence-electron chi connectivity index (χ3n) is 4.49. The first-order valence-corrected chi connectivity index (χ1v) is 8.88. The molecule has 0 aliphatic heterocycles. The highest BCUT2D eigenvalue weighted by Crippen LogP contribution is 2.34. The van der Waals surface area contributed by atoms with Crippen LogP contribution in [0.5, 0.6) is 11.5 Å². The Bertz CT molecular complexity index is 728. The lowest BCUT2D eigenvalue weighted by Gasteiger charge is -2.27. The van der Waals surface area contributed by atoms with Crippen molar-refractivity contribution >= 4 is 11.6 Å². The first-order valence-electron chi connectivity index (χ1n) is 8.88. The summed E-state index contributed by atoms with van der Waals surface area (Å²) in [6.45, 7) is 7.31. The van der Waals surface area contributed by atoms with Crippen molar-refractivity contribution in [2.75, 3.05) is 32.6 Å². The number of rotatable bonds is 8. The molecule has 1 amide bonds. The van der Waals surface area contributed by atoms with Crippen LogP contribution in [0, 0.1) is 6.92 Å². The molecule has 26 heavy (non-hydrogen) atoms. The van der Waals surface area contributed by atoms with Gasteiger partial charge in [-0.25, -0.2) is 0 Å². The normalized spacial score (nSPS) is 11.6. The van der Waals surface area contributed by atoms with Crippen LogP contribution in [-0.2, 0) is 4.79 Å². The molecule has 0 aliphatic rings. The van der Waals surface area contributed by atoms with Crippen molar-refractivity contribution in [1.82, 2.24) is 4.90 Å². The summed E-state index contributed by atoms with van der Waals surface area (Å²) in [5.74, 6) is 1.35. The summed E-state index contributed by atoms with van der Waals surface area (Å²) < 4.78 is 10.8. The number of methoxy groups -OCH3 is 2. The van der Waals surface area contributed by atoms with Gasteiger partial charge in [0.1, 0.15) is 6.04 Å². The first kappa shape index (κ1) is 19.6. The second-order valence-corrected chi connectivity index (χ2v) is 6.02. The van der Waals surface area contributed by atoms with Crippen LogP contribution >= 0.6 is 0 Å². The molecule has 0 radical (unpaired) electrons. The summed E-state index contributed by atoms with van der Waals surface area (Å²) >= 11 is 0. The Balaban J connectivity index is 2.43. The van der Waals surface area contributed by atoms with E-state index in [-0.39, 0.29) is 5.91 Å². The minimum absolute atomic E-state index is 0.0513. The van der Waals surface area contributed by atoms with Gasteiger partial charge in [-0.3, -0.25) is 4.79 Å². The van der Waals surface area contributed by atoms with Crippen LogP contribution in [-0.4, -0.2) is 38.1 Å². The maximum atomic E-state index is 13.1. The van der Waals surface area contributed by atoms with Crippen molar-refractivity contribution < 1.29 is 14.3 Å². The number of nitrogens with zero attached hydrogens (tertiary/aromatic N) is 1. The molecule has 2 aromatic carbocycles. The molecular formula is C21H28N2O3. The molecule has 0 heterocycles. The molecule has 140 valence electrons. The number of carbonyl (C=O) groups excluding carboxylic acids is 1. The number of carbonyl (C=O) groups is 1. The maximum absolute atomic E-state index is 13.1. The number of hydrogen-bond donors (Lipinski definition) is 1. The number of amides is 1. The number of likely N-dealkylation sites (N-methyl/N-ethyl adjacent to an activating group) is 1. The standard InChI is InChI=1S/C21H28N2O3/c1-6-23(7-2)21(24)20(16-11-9-8-10-12-16)22-17-14-19(26-5)18(25-4)13-15(17)3/h8-14,20,22H,6-7H2,1-5H3/t20-/m1/s1. The van der Waals surface area contributed by atoms with Gasteiger partial charge in [0.25, 0.3) is 0 Å². The lowest BCUT2D eigenvalue weighted by Crippen LogP contribution is -2.37. The highest BCUT2D eigenvalue weighted by atomic mass is 16.5. The number of hydrogen-bond acceptors (Lipinski definition) is 4. The SMILES string of the molecule is CCN(CC)C(=O)[C@H](Nc1cc(OC)c(OC)cc1C)c1ccccc1. The highest BCUT2D eigenvalue weighted by Gasteiger charge is 2.25. The number of ether oxygens (including phenoxy) is 2. The van der Waals surface area contributed by atoms with Gasteiger partial charge in [-0.1, -0.05) is 30.3 Å². The zero-order valence-electron chi connectivity index (χ0n) is 16.2. The summed E-state index contributed by atoms with van der Waals surface area (Å²) in [4.78, 5) is 14.9. The van der Waals surface area contributed by atoms with Crippen molar-refractivity contribution in [3.8, 4) is 11.5 Å². The lowest BCUT2D eigenvalue weighted by molar-refractivity contribution is -0.131. The summed E-state index contributed by atoms with van der Waals surface area (Å²) in [5, 5.41) is 3.41. The monoisotopic (exact) mass is 356 g/mol. The zero-order chi connectivity index (χ0) is 19.1. The molecule has 0 saturated carbocycles. The number of benzene rings is 2. The van der Waals surface area contributed by atoms with Crippen LogP contribution < -0.4 is 14.8 Å². The van der Waals surface area contributed by atoms with Crippen LogP contribution in [0.1, 0.15) is 31.0 Å². The fourth-order valence-corrected chi connectivity index (χ4v) is 2.94. The maximum Gasteiger partial charge on any atom is 0.249 e. The lowest BCUT2D eigenvalue weighted by atomic mass is 10.0. The van der Waals surface area contributed by atoms with Crippen LogP contribution in [0.2, 0.25) is 0 Å². The second kappa shape index (κ2) is 9.13. The summed E-state index contributed by atoms with van der Waals surface area (Å²) in [6.07, 6.45) is 0. The van der Waals surface area contributed by atoms with Crippen molar-refractivity contribution in [2.45, 2.75) is 26.8 Å². The molecule has 5 nitrogen and oxygen atoms in total. The minimum Gasteiger partial charge on any atom is -0.493 e. The van der Waals surface area contributed by atoms with Gasteiger partial charge < -0.3 is 19.7 Å². The van der Waals surface area contributed by atoms with E-state index in [1.807, 2.05) is 68.1 Å². The van der Waals surface area contributed by atoms with E-state index in [1.54, 1.807) is 14.2 Å². The molecule has 0 spiro atoms. The summed E-state index contributed by atoms with van der Waals surface area (Å²) in [6, 6.07) is 13.1. The summed E-state index contributed by atoms with van der Waals surface area (Å²) in [5.41, 5.74) is 2.76. The van der Waals surface area contributed by atoms with E-state index in [4.69, 9.17) is 9.47 Å². The molecule has 5 heteroatoms. The first-order chi connectivity index (χ1) is 12.5. The fraction of sp³-hybridized carbons (Fsp3) is 0.381. The minimum atomic E-state index is -0.465. The Hall–Kier alpha value is -2.69. The smallest absolute Gasteiger partial charge is 0.249 e. The van der Waals surface area contributed by atoms with Crippen LogP contribution in [0.3, 0.4) is 0 Å². The molecule has 0 bridgehead atoms. The van der Waals surface area contributed by atoms with E-state index in [0.29, 0.717) is 24.6 Å². The van der Waals surface area contributed by atoms with Crippen molar-refractivity contribution in [2.24, 2.45) is 0 Å². The van der Waals surface area contributed by atoms with Crippen molar-refractivity contribution in [3.05, 3.63) is 53.6 Å². The number of nitrogens with one attached hydrogen (secondary N) is 1. The Labute approximate surface area is 155 Å². The van der Waals surface area contributed by atoms with Gasteiger partial charge in [-0.15, -0.1) is 0 Å². The molecular weight excluding hydrogens is 328 g/mol. The van der Waals surface area contributed by atoms with Crippen LogP contribution in [0.15, 0.2) is 42.5 Å². The Kier molecular flexibility index (Phi) is 6.89. The average molecular weight is 356 g/mol. The van der Waals surface area contributed by atoms with Gasteiger partial charge in [-0.2, -0.15) is 0 Å². The third-order valence-corrected chi connectivity index (χ3v) is 4.49. The Morgan fingerprint density at radius 1 is 1.04 bits per heavy atom.